The van der Waals surface area contributed by atoms with Crippen molar-refractivity contribution < 1.29 is 22.2 Å². The summed E-state index contributed by atoms with van der Waals surface area (Å²) in [7, 11) is -3.46. The van der Waals surface area contributed by atoms with Crippen molar-refractivity contribution in [2.24, 2.45) is 7.05 Å². The summed E-state index contributed by atoms with van der Waals surface area (Å²) < 4.78 is 39.3. The SMILES string of the molecule is Cc1cc(C(C)Nc2ccccc2C(=O)O)c2nc(C3CCCN3S(=O)(=O)F)n(C)c(=O)c2c1. The zero-order valence-corrected chi connectivity index (χ0v) is 19.8. The first kappa shape index (κ1) is 23.8. The minimum absolute atomic E-state index is 0.0160. The molecule has 11 heteroatoms. The number of anilines is 1. The van der Waals surface area contributed by atoms with Gasteiger partial charge in [0.25, 0.3) is 5.56 Å². The van der Waals surface area contributed by atoms with Crippen molar-refractivity contribution in [1.29, 1.82) is 0 Å². The number of para-hydroxylation sites is 1. The van der Waals surface area contributed by atoms with Gasteiger partial charge in [0.15, 0.2) is 0 Å². The molecule has 2 heterocycles. The number of benzene rings is 2. The van der Waals surface area contributed by atoms with Crippen LogP contribution in [-0.4, -0.2) is 39.9 Å². The number of carboxylic acids is 1. The number of fused-ring (bicyclic) bond motifs is 1. The number of aromatic carboxylic acids is 1. The molecule has 2 atom stereocenters. The molecular weight excluding hydrogens is 463 g/mol. The standard InChI is InChI=1S/C23H25FN4O5S/c1-13-11-16(14(2)25-18-8-5-4-7-15(18)23(30)31)20-17(12-13)22(29)27(3)21(26-20)19-9-6-10-28(19)34(24,32)33/h4-5,7-8,11-12,14,19,25H,6,9-10H2,1-3H3,(H,30,31). The van der Waals surface area contributed by atoms with Gasteiger partial charge in [0.05, 0.1) is 28.6 Å². The number of nitrogens with zero attached hydrogens (tertiary/aromatic N) is 3. The molecule has 1 saturated heterocycles. The van der Waals surface area contributed by atoms with Crippen molar-refractivity contribution in [3.63, 3.8) is 0 Å². The van der Waals surface area contributed by atoms with Crippen LogP contribution < -0.4 is 10.9 Å². The van der Waals surface area contributed by atoms with Gasteiger partial charge in [-0.3, -0.25) is 9.36 Å². The van der Waals surface area contributed by atoms with Crippen LogP contribution >= 0.6 is 0 Å². The van der Waals surface area contributed by atoms with Crippen LogP contribution in [0.3, 0.4) is 0 Å². The molecule has 2 N–H and O–H groups in total. The van der Waals surface area contributed by atoms with Crippen LogP contribution in [-0.2, 0) is 17.5 Å². The van der Waals surface area contributed by atoms with Crippen LogP contribution in [0, 0.1) is 6.92 Å². The van der Waals surface area contributed by atoms with Crippen molar-refractivity contribution in [2.45, 2.75) is 38.8 Å². The van der Waals surface area contributed by atoms with E-state index in [0.717, 1.165) is 9.87 Å². The second-order valence-electron chi connectivity index (χ2n) is 8.51. The first-order chi connectivity index (χ1) is 16.0. The number of carbonyl (C=O) groups is 1. The molecule has 4 rings (SSSR count). The number of carboxylic acid groups (broad SMARTS) is 1. The Balaban J connectivity index is 1.87. The van der Waals surface area contributed by atoms with Crippen molar-refractivity contribution in [1.82, 2.24) is 13.9 Å². The summed E-state index contributed by atoms with van der Waals surface area (Å²) in [4.78, 5) is 29.5. The van der Waals surface area contributed by atoms with Gasteiger partial charge >= 0.3 is 16.4 Å². The first-order valence-electron chi connectivity index (χ1n) is 10.8. The van der Waals surface area contributed by atoms with Crippen molar-refractivity contribution in [3.8, 4) is 0 Å². The van der Waals surface area contributed by atoms with Crippen LogP contribution in [0.25, 0.3) is 10.9 Å². The maximum atomic E-state index is 13.9. The van der Waals surface area contributed by atoms with E-state index >= 15 is 0 Å². The fourth-order valence-electron chi connectivity index (χ4n) is 4.56. The molecule has 180 valence electrons. The molecule has 0 saturated carbocycles. The van der Waals surface area contributed by atoms with Gasteiger partial charge in [-0.05, 0) is 50.5 Å². The lowest BCUT2D eigenvalue weighted by Gasteiger charge is -2.23. The topological polar surface area (TPSA) is 122 Å². The maximum Gasteiger partial charge on any atom is 0.375 e. The van der Waals surface area contributed by atoms with E-state index in [-0.39, 0.29) is 23.5 Å². The summed E-state index contributed by atoms with van der Waals surface area (Å²) in [5, 5.41) is 13.0. The average Bonchev–Trinajstić information content (AvgIpc) is 3.26. The number of hydrogen-bond donors (Lipinski definition) is 2. The molecule has 1 aromatic heterocycles. The predicted molar refractivity (Wildman–Crippen MR) is 126 cm³/mol. The molecule has 3 aromatic rings. The molecule has 0 aliphatic carbocycles. The molecule has 2 aromatic carbocycles. The number of halogens is 1. The van der Waals surface area contributed by atoms with Gasteiger partial charge in [0, 0.05) is 24.8 Å². The van der Waals surface area contributed by atoms with E-state index in [0.29, 0.717) is 35.0 Å². The molecule has 1 fully saturated rings. The highest BCUT2D eigenvalue weighted by Crippen LogP contribution is 2.35. The first-order valence-corrected chi connectivity index (χ1v) is 12.1. The monoisotopic (exact) mass is 488 g/mol. The Morgan fingerprint density at radius 3 is 2.68 bits per heavy atom. The minimum Gasteiger partial charge on any atom is -0.478 e. The molecule has 0 amide bonds. The molecule has 0 radical (unpaired) electrons. The molecule has 0 bridgehead atoms. The molecular formula is C23H25FN4O5S. The average molecular weight is 489 g/mol. The van der Waals surface area contributed by atoms with Crippen LogP contribution in [0.2, 0.25) is 0 Å². The Bertz CT molecular complexity index is 1450. The van der Waals surface area contributed by atoms with Crippen molar-refractivity contribution >= 4 is 33.0 Å². The second kappa shape index (κ2) is 8.80. The molecule has 2 unspecified atom stereocenters. The van der Waals surface area contributed by atoms with Gasteiger partial charge in [-0.15, -0.1) is 0 Å². The maximum absolute atomic E-state index is 13.9. The van der Waals surface area contributed by atoms with Crippen LogP contribution in [0.1, 0.15) is 59.2 Å². The smallest absolute Gasteiger partial charge is 0.375 e. The third kappa shape index (κ3) is 4.28. The van der Waals surface area contributed by atoms with Gasteiger partial charge in [-0.2, -0.15) is 12.7 Å². The van der Waals surface area contributed by atoms with E-state index in [1.54, 1.807) is 24.3 Å². The van der Waals surface area contributed by atoms with E-state index in [2.05, 4.69) is 10.3 Å². The summed E-state index contributed by atoms with van der Waals surface area (Å²) in [6.45, 7) is 3.67. The summed E-state index contributed by atoms with van der Waals surface area (Å²) in [6, 6.07) is 8.70. The third-order valence-corrected chi connectivity index (χ3v) is 7.16. The lowest BCUT2D eigenvalue weighted by atomic mass is 10.00. The Labute approximate surface area is 196 Å². The van der Waals surface area contributed by atoms with Gasteiger partial charge in [0.2, 0.25) is 0 Å². The Morgan fingerprint density at radius 2 is 2.00 bits per heavy atom. The van der Waals surface area contributed by atoms with Crippen molar-refractivity contribution in [2.75, 3.05) is 11.9 Å². The summed E-state index contributed by atoms with van der Waals surface area (Å²) >= 11 is 0. The Hall–Kier alpha value is -3.31. The van der Waals surface area contributed by atoms with Crippen LogP contribution in [0.5, 0.6) is 0 Å². The number of aromatic nitrogens is 2. The highest BCUT2D eigenvalue weighted by Gasteiger charge is 2.38. The molecule has 34 heavy (non-hydrogen) atoms. The summed E-state index contributed by atoms with van der Waals surface area (Å²) in [5.74, 6) is -0.910. The molecule has 1 aliphatic heterocycles. The lowest BCUT2D eigenvalue weighted by molar-refractivity contribution is 0.0698. The molecule has 0 spiro atoms. The zero-order valence-electron chi connectivity index (χ0n) is 18.9. The Kier molecular flexibility index (Phi) is 6.17. The third-order valence-electron chi connectivity index (χ3n) is 6.17. The van der Waals surface area contributed by atoms with E-state index in [1.165, 1.54) is 17.7 Å². The minimum atomic E-state index is -4.96. The number of rotatable bonds is 6. The quantitative estimate of drug-likeness (QED) is 0.510. The summed E-state index contributed by atoms with van der Waals surface area (Å²) in [6.07, 6.45) is 0.794. The number of hydrogen-bond acceptors (Lipinski definition) is 6. The van der Waals surface area contributed by atoms with E-state index in [4.69, 9.17) is 0 Å². The zero-order chi connectivity index (χ0) is 24.8. The highest BCUT2D eigenvalue weighted by molar-refractivity contribution is 7.84. The van der Waals surface area contributed by atoms with Gasteiger partial charge < -0.3 is 10.4 Å². The van der Waals surface area contributed by atoms with E-state index in [9.17, 15) is 27.0 Å². The highest BCUT2D eigenvalue weighted by atomic mass is 32.3. The molecule has 1 aliphatic rings. The van der Waals surface area contributed by atoms with E-state index in [1.807, 2.05) is 19.9 Å². The summed E-state index contributed by atoms with van der Waals surface area (Å²) in [5.41, 5.74) is 1.95. The predicted octanol–water partition coefficient (Wildman–Crippen LogP) is 3.46. The fourth-order valence-corrected chi connectivity index (χ4v) is 5.41. The largest absolute Gasteiger partial charge is 0.478 e. The van der Waals surface area contributed by atoms with Gasteiger partial charge in [0.1, 0.15) is 5.82 Å². The van der Waals surface area contributed by atoms with Crippen LogP contribution in [0.4, 0.5) is 9.57 Å². The Morgan fingerprint density at radius 1 is 1.29 bits per heavy atom. The number of nitrogens with one attached hydrogen (secondary N) is 1. The van der Waals surface area contributed by atoms with Crippen molar-refractivity contribution in [3.05, 3.63) is 69.3 Å². The second-order valence-corrected chi connectivity index (χ2v) is 9.81. The number of aryl methyl sites for hydroxylation is 1. The normalized spacial score (nSPS) is 17.7. The van der Waals surface area contributed by atoms with Gasteiger partial charge in [-0.25, -0.2) is 9.78 Å². The fraction of sp³-hybridized carbons (Fsp3) is 0.348. The molecule has 9 nitrogen and oxygen atoms in total. The lowest BCUT2D eigenvalue weighted by Crippen LogP contribution is -2.33. The van der Waals surface area contributed by atoms with E-state index < -0.39 is 28.5 Å². The van der Waals surface area contributed by atoms with Gasteiger partial charge in [-0.1, -0.05) is 22.1 Å². The van der Waals surface area contributed by atoms with Crippen LogP contribution in [0.15, 0.2) is 41.2 Å².